The van der Waals surface area contributed by atoms with Crippen LogP contribution in [0.2, 0.25) is 0 Å². The van der Waals surface area contributed by atoms with Gasteiger partial charge in [-0.05, 0) is 19.1 Å². The van der Waals surface area contributed by atoms with Gasteiger partial charge in [-0.2, -0.15) is 0 Å². The largest absolute Gasteiger partial charge is 0.383 e. The maximum Gasteiger partial charge on any atom is 0.288 e. The van der Waals surface area contributed by atoms with Crippen LogP contribution in [0.4, 0.5) is 5.69 Å². The number of nitrogens with zero attached hydrogens (tertiary/aromatic N) is 2. The highest BCUT2D eigenvalue weighted by Gasteiger charge is 2.25. The summed E-state index contributed by atoms with van der Waals surface area (Å²) in [6, 6.07) is 8.90. The first-order chi connectivity index (χ1) is 10.1. The van der Waals surface area contributed by atoms with Crippen molar-refractivity contribution in [2.24, 2.45) is 4.99 Å². The molecule has 0 radical (unpaired) electrons. The van der Waals surface area contributed by atoms with Gasteiger partial charge in [0.25, 0.3) is 11.8 Å². The average molecular weight is 290 g/mol. The van der Waals surface area contributed by atoms with Crippen molar-refractivity contribution < 1.29 is 14.3 Å². The number of hydrogen-bond acceptors (Lipinski definition) is 5. The molecule has 0 aliphatic carbocycles. The van der Waals surface area contributed by atoms with Crippen LogP contribution in [0.25, 0.3) is 0 Å². The summed E-state index contributed by atoms with van der Waals surface area (Å²) in [4.78, 5) is 27.9. The van der Waals surface area contributed by atoms with Gasteiger partial charge in [0.1, 0.15) is 6.54 Å². The quantitative estimate of drug-likeness (QED) is 0.805. The van der Waals surface area contributed by atoms with E-state index in [0.29, 0.717) is 12.3 Å². The Bertz CT molecular complexity index is 544. The lowest BCUT2D eigenvalue weighted by Crippen LogP contribution is -2.56. The molecule has 0 aromatic heterocycles. The van der Waals surface area contributed by atoms with Crippen LogP contribution in [0.5, 0.6) is 0 Å². The predicted octanol–water partition coefficient (Wildman–Crippen LogP) is 0.0874. The van der Waals surface area contributed by atoms with Crippen molar-refractivity contribution in [3.63, 3.8) is 0 Å². The second kappa shape index (κ2) is 6.85. The molecule has 1 aromatic carbocycles. The van der Waals surface area contributed by atoms with Crippen molar-refractivity contribution in [2.75, 3.05) is 25.3 Å². The van der Waals surface area contributed by atoms with Crippen molar-refractivity contribution in [1.29, 1.82) is 0 Å². The molecule has 1 heterocycles. The molecular weight excluding hydrogens is 272 g/mol. The molecule has 1 aromatic rings. The van der Waals surface area contributed by atoms with Gasteiger partial charge in [0.2, 0.25) is 5.84 Å². The molecule has 0 saturated carbocycles. The first-order valence-electron chi connectivity index (χ1n) is 6.60. The highest BCUT2D eigenvalue weighted by atomic mass is 16.5. The summed E-state index contributed by atoms with van der Waals surface area (Å²) in [6.45, 7) is 2.16. The molecule has 2 N–H and O–H groups in total. The number of nitrogens with one attached hydrogen (secondary N) is 2. The zero-order valence-electron chi connectivity index (χ0n) is 12.0. The summed E-state index contributed by atoms with van der Waals surface area (Å²) in [5.41, 5.74) is 3.41. The van der Waals surface area contributed by atoms with Gasteiger partial charge in [-0.25, -0.2) is 5.01 Å². The SMILES string of the molecule is COC[C@H](C)NC(=O)C1=NCC(=O)N(c2ccccc2)N1. The van der Waals surface area contributed by atoms with Crippen LogP contribution in [-0.2, 0) is 14.3 Å². The Kier molecular flexibility index (Phi) is 4.89. The van der Waals surface area contributed by atoms with E-state index in [1.54, 1.807) is 19.2 Å². The fourth-order valence-corrected chi connectivity index (χ4v) is 1.91. The molecule has 7 nitrogen and oxygen atoms in total. The van der Waals surface area contributed by atoms with Gasteiger partial charge in [-0.15, -0.1) is 0 Å². The third-order valence-corrected chi connectivity index (χ3v) is 2.86. The monoisotopic (exact) mass is 290 g/mol. The lowest BCUT2D eigenvalue weighted by atomic mass is 10.3. The summed E-state index contributed by atoms with van der Waals surface area (Å²) in [6.07, 6.45) is 0. The third kappa shape index (κ3) is 3.79. The molecule has 2 amide bonds. The number of methoxy groups -OCH3 is 1. The second-order valence-electron chi connectivity index (χ2n) is 4.67. The molecule has 0 unspecified atom stereocenters. The Hall–Kier alpha value is -2.41. The van der Waals surface area contributed by atoms with Crippen LogP contribution < -0.4 is 15.8 Å². The third-order valence-electron chi connectivity index (χ3n) is 2.86. The topological polar surface area (TPSA) is 83.0 Å². The summed E-state index contributed by atoms with van der Waals surface area (Å²) < 4.78 is 4.96. The zero-order valence-corrected chi connectivity index (χ0v) is 12.0. The summed E-state index contributed by atoms with van der Waals surface area (Å²) in [5.74, 6) is -0.475. The minimum atomic E-state index is -0.368. The van der Waals surface area contributed by atoms with E-state index in [4.69, 9.17) is 4.74 Å². The minimum absolute atomic E-state index is 0.0662. The first kappa shape index (κ1) is 15.0. The second-order valence-corrected chi connectivity index (χ2v) is 4.67. The number of anilines is 1. The maximum atomic E-state index is 12.1. The number of carbonyl (C=O) groups is 2. The molecule has 7 heteroatoms. The number of hydrogen-bond donors (Lipinski definition) is 2. The van der Waals surface area contributed by atoms with E-state index in [1.807, 2.05) is 25.1 Å². The Morgan fingerprint density at radius 1 is 1.48 bits per heavy atom. The Morgan fingerprint density at radius 3 is 2.86 bits per heavy atom. The average Bonchev–Trinajstić information content (AvgIpc) is 2.48. The normalized spacial score (nSPS) is 16.0. The van der Waals surface area contributed by atoms with Crippen LogP contribution in [0, 0.1) is 0 Å². The molecule has 2 rings (SSSR count). The van der Waals surface area contributed by atoms with Gasteiger partial charge < -0.3 is 10.1 Å². The van der Waals surface area contributed by atoms with Crippen molar-refractivity contribution in [1.82, 2.24) is 10.7 Å². The number of amides is 2. The van der Waals surface area contributed by atoms with Crippen LogP contribution in [-0.4, -0.2) is 44.0 Å². The van der Waals surface area contributed by atoms with E-state index in [0.717, 1.165) is 0 Å². The number of amidine groups is 1. The maximum absolute atomic E-state index is 12.1. The standard InChI is InChI=1S/C14H18N4O3/c1-10(9-21-2)16-14(20)13-15-8-12(19)18(17-13)11-6-4-3-5-7-11/h3-7,10H,8-9H2,1-2H3,(H,15,17)(H,16,20)/t10-/m0/s1. The molecule has 1 atom stereocenters. The number of hydrazine groups is 1. The van der Waals surface area contributed by atoms with E-state index in [2.05, 4.69) is 15.7 Å². The highest BCUT2D eigenvalue weighted by Crippen LogP contribution is 2.13. The fraction of sp³-hybridized carbons (Fsp3) is 0.357. The van der Waals surface area contributed by atoms with Crippen molar-refractivity contribution in [3.05, 3.63) is 30.3 Å². The van der Waals surface area contributed by atoms with Gasteiger partial charge in [0.05, 0.1) is 12.3 Å². The van der Waals surface area contributed by atoms with E-state index in [-0.39, 0.29) is 30.2 Å². The fourth-order valence-electron chi connectivity index (χ4n) is 1.91. The minimum Gasteiger partial charge on any atom is -0.383 e. The molecule has 0 spiro atoms. The first-order valence-corrected chi connectivity index (χ1v) is 6.60. The van der Waals surface area contributed by atoms with Gasteiger partial charge >= 0.3 is 0 Å². The summed E-state index contributed by atoms with van der Waals surface area (Å²) >= 11 is 0. The molecule has 1 aliphatic heterocycles. The van der Waals surface area contributed by atoms with E-state index >= 15 is 0 Å². The van der Waals surface area contributed by atoms with Gasteiger partial charge in [-0.3, -0.25) is 20.0 Å². The van der Waals surface area contributed by atoms with E-state index in [9.17, 15) is 9.59 Å². The van der Waals surface area contributed by atoms with Crippen LogP contribution in [0.15, 0.2) is 35.3 Å². The van der Waals surface area contributed by atoms with Gasteiger partial charge in [-0.1, -0.05) is 18.2 Å². The molecule has 0 fully saturated rings. The smallest absolute Gasteiger partial charge is 0.288 e. The molecule has 1 aliphatic rings. The Morgan fingerprint density at radius 2 is 2.19 bits per heavy atom. The van der Waals surface area contributed by atoms with Crippen molar-refractivity contribution >= 4 is 23.3 Å². The number of benzene rings is 1. The van der Waals surface area contributed by atoms with Crippen LogP contribution in [0.3, 0.4) is 0 Å². The van der Waals surface area contributed by atoms with Crippen LogP contribution in [0.1, 0.15) is 6.92 Å². The number of ether oxygens (including phenoxy) is 1. The van der Waals surface area contributed by atoms with Crippen molar-refractivity contribution in [3.8, 4) is 0 Å². The van der Waals surface area contributed by atoms with Crippen LogP contribution >= 0.6 is 0 Å². The Labute approximate surface area is 123 Å². The molecule has 0 saturated heterocycles. The molecule has 0 bridgehead atoms. The van der Waals surface area contributed by atoms with E-state index in [1.165, 1.54) is 5.01 Å². The summed E-state index contributed by atoms with van der Waals surface area (Å²) in [7, 11) is 1.56. The number of rotatable bonds is 5. The zero-order chi connectivity index (χ0) is 15.2. The number of carbonyl (C=O) groups excluding carboxylic acids is 2. The van der Waals surface area contributed by atoms with Gasteiger partial charge in [0, 0.05) is 13.2 Å². The predicted molar refractivity (Wildman–Crippen MR) is 78.8 cm³/mol. The molecule has 112 valence electrons. The van der Waals surface area contributed by atoms with E-state index < -0.39 is 0 Å². The lowest BCUT2D eigenvalue weighted by molar-refractivity contribution is -0.118. The summed E-state index contributed by atoms with van der Waals surface area (Å²) in [5, 5.41) is 4.06. The molecular formula is C14H18N4O3. The number of aliphatic imine (C=N–C) groups is 1. The van der Waals surface area contributed by atoms with Crippen molar-refractivity contribution in [2.45, 2.75) is 13.0 Å². The highest BCUT2D eigenvalue weighted by molar-refractivity contribution is 6.39. The molecule has 21 heavy (non-hydrogen) atoms. The number of para-hydroxylation sites is 1. The lowest BCUT2D eigenvalue weighted by Gasteiger charge is -2.28. The Balaban J connectivity index is 2.06. The van der Waals surface area contributed by atoms with Gasteiger partial charge in [0.15, 0.2) is 0 Å².